The van der Waals surface area contributed by atoms with Crippen LogP contribution in [0.5, 0.6) is 0 Å². The van der Waals surface area contributed by atoms with E-state index in [4.69, 9.17) is 5.73 Å². The van der Waals surface area contributed by atoms with E-state index in [1.54, 1.807) is 0 Å². The molecule has 0 saturated heterocycles. The summed E-state index contributed by atoms with van der Waals surface area (Å²) in [7, 11) is 0. The lowest BCUT2D eigenvalue weighted by Crippen LogP contribution is -2.17. The molecular weight excluding hydrogens is 220 g/mol. The highest BCUT2D eigenvalue weighted by Crippen LogP contribution is 2.30. The molecule has 1 atom stereocenters. The maximum absolute atomic E-state index is 5.74. The second kappa shape index (κ2) is 4.77. The van der Waals surface area contributed by atoms with Crippen molar-refractivity contribution >= 4 is 10.9 Å². The largest absolute Gasteiger partial charge is 0.347 e. The number of fused-ring (bicyclic) bond motifs is 1. The van der Waals surface area contributed by atoms with Crippen molar-refractivity contribution in [3.63, 3.8) is 0 Å². The van der Waals surface area contributed by atoms with Crippen LogP contribution in [0.4, 0.5) is 0 Å². The van der Waals surface area contributed by atoms with Gasteiger partial charge in [0.1, 0.15) is 0 Å². The Morgan fingerprint density at radius 2 is 2.17 bits per heavy atom. The van der Waals surface area contributed by atoms with Gasteiger partial charge < -0.3 is 10.3 Å². The summed E-state index contributed by atoms with van der Waals surface area (Å²) < 4.78 is 2.41. The van der Waals surface area contributed by atoms with E-state index >= 15 is 0 Å². The average Bonchev–Trinajstić information content (AvgIpc) is 2.75. The lowest BCUT2D eigenvalue weighted by Gasteiger charge is -2.26. The van der Waals surface area contributed by atoms with Gasteiger partial charge in [0.2, 0.25) is 0 Å². The first-order valence-corrected chi connectivity index (χ1v) is 7.07. The van der Waals surface area contributed by atoms with E-state index in [0.29, 0.717) is 12.5 Å². The molecule has 0 spiro atoms. The molecule has 2 N–H and O–H groups in total. The maximum Gasteiger partial charge on any atom is 0.0480 e. The minimum Gasteiger partial charge on any atom is -0.347 e. The monoisotopic (exact) mass is 242 g/mol. The summed E-state index contributed by atoms with van der Waals surface area (Å²) in [6.45, 7) is 4.09. The van der Waals surface area contributed by atoms with Crippen molar-refractivity contribution < 1.29 is 0 Å². The van der Waals surface area contributed by atoms with E-state index in [-0.39, 0.29) is 0 Å². The number of aromatic nitrogens is 1. The van der Waals surface area contributed by atoms with Crippen molar-refractivity contribution in [2.75, 3.05) is 6.54 Å². The highest BCUT2D eigenvalue weighted by molar-refractivity contribution is 5.81. The van der Waals surface area contributed by atoms with Gasteiger partial charge in [0.15, 0.2) is 0 Å². The van der Waals surface area contributed by atoms with Crippen LogP contribution in [0, 0.1) is 5.92 Å². The van der Waals surface area contributed by atoms with Gasteiger partial charge in [-0.3, -0.25) is 0 Å². The first kappa shape index (κ1) is 11.8. The average molecular weight is 242 g/mol. The summed E-state index contributed by atoms with van der Waals surface area (Å²) in [5.74, 6) is 1.35. The molecule has 1 heterocycles. The van der Waals surface area contributed by atoms with Gasteiger partial charge in [-0.1, -0.05) is 19.4 Å². The Balaban J connectivity index is 1.89. The Morgan fingerprint density at radius 1 is 1.33 bits per heavy atom. The lowest BCUT2D eigenvalue weighted by molar-refractivity contribution is 0.280. The Hall–Kier alpha value is -1.28. The fourth-order valence-corrected chi connectivity index (χ4v) is 2.77. The van der Waals surface area contributed by atoms with Gasteiger partial charge in [-0.05, 0) is 60.4 Å². The third-order valence-electron chi connectivity index (χ3n) is 4.40. The SMILES string of the molecule is CC(CN)c1ccc2c(ccn2CC2CCC2)c1. The van der Waals surface area contributed by atoms with Crippen LogP contribution in [-0.2, 0) is 6.54 Å². The Bertz CT molecular complexity index is 537. The molecule has 2 heteroatoms. The second-order valence-electron chi connectivity index (χ2n) is 5.72. The van der Waals surface area contributed by atoms with Crippen molar-refractivity contribution in [2.45, 2.75) is 38.6 Å². The Labute approximate surface area is 109 Å². The fraction of sp³-hybridized carbons (Fsp3) is 0.500. The summed E-state index contributed by atoms with van der Waals surface area (Å²) in [4.78, 5) is 0. The van der Waals surface area contributed by atoms with Crippen molar-refractivity contribution in [1.82, 2.24) is 4.57 Å². The van der Waals surface area contributed by atoms with E-state index in [1.165, 1.54) is 42.3 Å². The number of benzene rings is 1. The molecule has 1 aromatic heterocycles. The van der Waals surface area contributed by atoms with Crippen LogP contribution in [0.3, 0.4) is 0 Å². The molecule has 1 aromatic carbocycles. The molecule has 0 radical (unpaired) electrons. The molecule has 2 aromatic rings. The van der Waals surface area contributed by atoms with Crippen molar-refractivity contribution in [1.29, 1.82) is 0 Å². The van der Waals surface area contributed by atoms with E-state index in [0.717, 1.165) is 5.92 Å². The molecular formula is C16H22N2. The van der Waals surface area contributed by atoms with Gasteiger partial charge in [-0.2, -0.15) is 0 Å². The highest BCUT2D eigenvalue weighted by atomic mass is 15.0. The summed E-state index contributed by atoms with van der Waals surface area (Å²) in [6, 6.07) is 9.03. The molecule has 1 unspecified atom stereocenters. The predicted octanol–water partition coefficient (Wildman–Crippen LogP) is 3.50. The van der Waals surface area contributed by atoms with Gasteiger partial charge in [0, 0.05) is 18.3 Å². The normalized spacial score (nSPS) is 17.9. The summed E-state index contributed by atoms with van der Waals surface area (Å²) in [5, 5.41) is 1.35. The quantitative estimate of drug-likeness (QED) is 0.874. The van der Waals surface area contributed by atoms with Gasteiger partial charge >= 0.3 is 0 Å². The topological polar surface area (TPSA) is 30.9 Å². The third-order valence-corrected chi connectivity index (χ3v) is 4.40. The zero-order valence-corrected chi connectivity index (χ0v) is 11.1. The molecule has 1 saturated carbocycles. The smallest absolute Gasteiger partial charge is 0.0480 e. The zero-order chi connectivity index (χ0) is 12.5. The van der Waals surface area contributed by atoms with E-state index in [2.05, 4.69) is 42.0 Å². The van der Waals surface area contributed by atoms with Crippen molar-refractivity contribution in [3.05, 3.63) is 36.0 Å². The second-order valence-corrected chi connectivity index (χ2v) is 5.72. The van der Waals surface area contributed by atoms with E-state index in [9.17, 15) is 0 Å². The maximum atomic E-state index is 5.74. The summed E-state index contributed by atoms with van der Waals surface area (Å²) in [6.07, 6.45) is 6.46. The number of nitrogens with two attached hydrogens (primary N) is 1. The molecule has 0 amide bonds. The Morgan fingerprint density at radius 3 is 2.83 bits per heavy atom. The molecule has 18 heavy (non-hydrogen) atoms. The van der Waals surface area contributed by atoms with Crippen LogP contribution >= 0.6 is 0 Å². The molecule has 96 valence electrons. The standard InChI is InChI=1S/C16H22N2/c1-12(10-17)14-5-6-16-15(9-14)7-8-18(16)11-13-3-2-4-13/h5-9,12-13H,2-4,10-11,17H2,1H3. The van der Waals surface area contributed by atoms with Crippen LogP contribution in [0.1, 0.15) is 37.7 Å². The summed E-state index contributed by atoms with van der Waals surface area (Å²) >= 11 is 0. The first-order valence-electron chi connectivity index (χ1n) is 7.07. The molecule has 1 aliphatic rings. The highest BCUT2D eigenvalue weighted by Gasteiger charge is 2.18. The van der Waals surface area contributed by atoms with Crippen LogP contribution < -0.4 is 5.73 Å². The minimum atomic E-state index is 0.449. The molecule has 1 aliphatic carbocycles. The number of rotatable bonds is 4. The van der Waals surface area contributed by atoms with Gasteiger partial charge in [-0.15, -0.1) is 0 Å². The van der Waals surface area contributed by atoms with E-state index < -0.39 is 0 Å². The third kappa shape index (κ3) is 2.05. The predicted molar refractivity (Wildman–Crippen MR) is 76.7 cm³/mol. The van der Waals surface area contributed by atoms with Crippen molar-refractivity contribution in [2.24, 2.45) is 11.7 Å². The molecule has 0 aliphatic heterocycles. The molecule has 3 rings (SSSR count). The first-order chi connectivity index (χ1) is 8.78. The van der Waals surface area contributed by atoms with Crippen LogP contribution in [-0.4, -0.2) is 11.1 Å². The molecule has 1 fully saturated rings. The fourth-order valence-electron chi connectivity index (χ4n) is 2.77. The van der Waals surface area contributed by atoms with Crippen LogP contribution in [0.25, 0.3) is 10.9 Å². The Kier molecular flexibility index (Phi) is 3.13. The summed E-state index contributed by atoms with van der Waals surface area (Å²) in [5.41, 5.74) is 8.46. The lowest BCUT2D eigenvalue weighted by atomic mass is 9.85. The van der Waals surface area contributed by atoms with Crippen LogP contribution in [0.2, 0.25) is 0 Å². The number of nitrogens with zero attached hydrogens (tertiary/aromatic N) is 1. The molecule has 2 nitrogen and oxygen atoms in total. The van der Waals surface area contributed by atoms with Gasteiger partial charge in [0.25, 0.3) is 0 Å². The van der Waals surface area contributed by atoms with E-state index in [1.807, 2.05) is 0 Å². The molecule has 0 bridgehead atoms. The van der Waals surface area contributed by atoms with Gasteiger partial charge in [-0.25, -0.2) is 0 Å². The van der Waals surface area contributed by atoms with Gasteiger partial charge in [0.05, 0.1) is 0 Å². The zero-order valence-electron chi connectivity index (χ0n) is 11.1. The van der Waals surface area contributed by atoms with Crippen molar-refractivity contribution in [3.8, 4) is 0 Å². The van der Waals surface area contributed by atoms with Crippen LogP contribution in [0.15, 0.2) is 30.5 Å². The number of hydrogen-bond acceptors (Lipinski definition) is 1. The number of hydrogen-bond donors (Lipinski definition) is 1. The minimum absolute atomic E-state index is 0.449.